The van der Waals surface area contributed by atoms with Crippen molar-refractivity contribution in [3.8, 4) is 0 Å². The van der Waals surface area contributed by atoms with Gasteiger partial charge in [0.25, 0.3) is 0 Å². The Kier molecular flexibility index (Phi) is 4.13. The minimum Gasteiger partial charge on any atom is -0.456 e. The van der Waals surface area contributed by atoms with Crippen LogP contribution in [-0.2, 0) is 22.7 Å². The first-order valence-electron chi connectivity index (χ1n) is 6.02. The zero-order valence-corrected chi connectivity index (χ0v) is 10.9. The molecule has 2 rings (SSSR count). The van der Waals surface area contributed by atoms with Crippen molar-refractivity contribution < 1.29 is 9.53 Å². The summed E-state index contributed by atoms with van der Waals surface area (Å²) in [5, 5.41) is 0. The van der Waals surface area contributed by atoms with Crippen LogP contribution in [0, 0.1) is 0 Å². The molecule has 4 heteroatoms. The van der Waals surface area contributed by atoms with Gasteiger partial charge < -0.3 is 9.30 Å². The van der Waals surface area contributed by atoms with Crippen molar-refractivity contribution in [3.05, 3.63) is 66.3 Å². The standard InChI is InChI=1S/C15H16N2O2/c1-12(2)15(18)19-10-14-9-17(11-16-14)8-13-6-4-3-5-7-13/h3-7,9,11H,1,8,10H2,2H3. The second kappa shape index (κ2) is 6.00. The van der Waals surface area contributed by atoms with Gasteiger partial charge in [-0.1, -0.05) is 36.9 Å². The average Bonchev–Trinajstić information content (AvgIpc) is 2.84. The van der Waals surface area contributed by atoms with Crippen LogP contribution in [-0.4, -0.2) is 15.5 Å². The fourth-order valence-electron chi connectivity index (χ4n) is 1.62. The summed E-state index contributed by atoms with van der Waals surface area (Å²) in [4.78, 5) is 15.5. The third kappa shape index (κ3) is 3.81. The highest BCUT2D eigenvalue weighted by Gasteiger charge is 2.05. The van der Waals surface area contributed by atoms with Gasteiger partial charge in [-0.05, 0) is 12.5 Å². The molecule has 19 heavy (non-hydrogen) atoms. The van der Waals surface area contributed by atoms with E-state index in [0.717, 1.165) is 12.2 Å². The Morgan fingerprint density at radius 3 is 2.79 bits per heavy atom. The molecule has 0 aliphatic rings. The first-order chi connectivity index (χ1) is 9.15. The van der Waals surface area contributed by atoms with Crippen molar-refractivity contribution in [2.45, 2.75) is 20.1 Å². The number of ether oxygens (including phenoxy) is 1. The number of hydrogen-bond donors (Lipinski definition) is 0. The molecule has 98 valence electrons. The Labute approximate surface area is 112 Å². The second-order valence-corrected chi connectivity index (χ2v) is 4.38. The molecular formula is C15H16N2O2. The highest BCUT2D eigenvalue weighted by molar-refractivity contribution is 5.86. The van der Waals surface area contributed by atoms with Crippen molar-refractivity contribution in [2.75, 3.05) is 0 Å². The molecule has 0 fully saturated rings. The van der Waals surface area contributed by atoms with Crippen LogP contribution in [0.5, 0.6) is 0 Å². The fourth-order valence-corrected chi connectivity index (χ4v) is 1.62. The van der Waals surface area contributed by atoms with Crippen LogP contribution in [0.25, 0.3) is 0 Å². The lowest BCUT2D eigenvalue weighted by atomic mass is 10.2. The summed E-state index contributed by atoms with van der Waals surface area (Å²) in [5.41, 5.74) is 2.32. The Morgan fingerprint density at radius 1 is 1.37 bits per heavy atom. The van der Waals surface area contributed by atoms with Gasteiger partial charge in [0.1, 0.15) is 6.61 Å². The van der Waals surface area contributed by atoms with E-state index in [-0.39, 0.29) is 6.61 Å². The maximum atomic E-state index is 11.3. The summed E-state index contributed by atoms with van der Waals surface area (Å²) in [6.07, 6.45) is 3.61. The number of aromatic nitrogens is 2. The van der Waals surface area contributed by atoms with Gasteiger partial charge in [0, 0.05) is 18.3 Å². The van der Waals surface area contributed by atoms with E-state index in [9.17, 15) is 4.79 Å². The number of imidazole rings is 1. The highest BCUT2D eigenvalue weighted by Crippen LogP contribution is 2.05. The van der Waals surface area contributed by atoms with E-state index in [4.69, 9.17) is 4.74 Å². The van der Waals surface area contributed by atoms with E-state index in [2.05, 4.69) is 23.7 Å². The summed E-state index contributed by atoms with van der Waals surface area (Å²) < 4.78 is 7.00. The van der Waals surface area contributed by atoms with Gasteiger partial charge in [0.05, 0.1) is 12.0 Å². The summed E-state index contributed by atoms with van der Waals surface area (Å²) in [6, 6.07) is 10.1. The Hall–Kier alpha value is -2.36. The molecule has 0 unspecified atom stereocenters. The van der Waals surface area contributed by atoms with Gasteiger partial charge in [-0.25, -0.2) is 9.78 Å². The molecule has 0 saturated heterocycles. The van der Waals surface area contributed by atoms with Crippen molar-refractivity contribution in [1.29, 1.82) is 0 Å². The predicted molar refractivity (Wildman–Crippen MR) is 72.4 cm³/mol. The Bertz CT molecular complexity index is 573. The molecule has 0 spiro atoms. The number of hydrogen-bond acceptors (Lipinski definition) is 3. The predicted octanol–water partition coefficient (Wildman–Crippen LogP) is 2.55. The molecule has 0 saturated carbocycles. The van der Waals surface area contributed by atoms with Gasteiger partial charge in [-0.15, -0.1) is 0 Å². The van der Waals surface area contributed by atoms with Gasteiger partial charge >= 0.3 is 5.97 Å². The van der Waals surface area contributed by atoms with E-state index >= 15 is 0 Å². The molecule has 1 aromatic heterocycles. The summed E-state index contributed by atoms with van der Waals surface area (Å²) in [5.74, 6) is -0.391. The van der Waals surface area contributed by atoms with E-state index in [0.29, 0.717) is 5.57 Å². The molecule has 4 nitrogen and oxygen atoms in total. The zero-order chi connectivity index (χ0) is 13.7. The van der Waals surface area contributed by atoms with E-state index in [1.165, 1.54) is 5.56 Å². The van der Waals surface area contributed by atoms with E-state index in [1.807, 2.05) is 29.0 Å². The topological polar surface area (TPSA) is 44.1 Å². The minimum atomic E-state index is -0.391. The van der Waals surface area contributed by atoms with Crippen LogP contribution >= 0.6 is 0 Å². The smallest absolute Gasteiger partial charge is 0.333 e. The number of esters is 1. The van der Waals surface area contributed by atoms with Crippen molar-refractivity contribution >= 4 is 5.97 Å². The van der Waals surface area contributed by atoms with Crippen molar-refractivity contribution in [3.63, 3.8) is 0 Å². The van der Waals surface area contributed by atoms with Crippen LogP contribution in [0.1, 0.15) is 18.2 Å². The van der Waals surface area contributed by atoms with Gasteiger partial charge in [0.2, 0.25) is 0 Å². The summed E-state index contributed by atoms with van der Waals surface area (Å²) in [6.45, 7) is 6.08. The SMILES string of the molecule is C=C(C)C(=O)OCc1cn(Cc2ccccc2)cn1. The monoisotopic (exact) mass is 256 g/mol. The van der Waals surface area contributed by atoms with Crippen molar-refractivity contribution in [2.24, 2.45) is 0 Å². The molecule has 0 radical (unpaired) electrons. The van der Waals surface area contributed by atoms with Crippen LogP contribution in [0.3, 0.4) is 0 Å². The molecule has 0 amide bonds. The van der Waals surface area contributed by atoms with Gasteiger partial charge in [-0.2, -0.15) is 0 Å². The number of benzene rings is 1. The normalized spacial score (nSPS) is 10.2. The molecule has 0 aliphatic heterocycles. The second-order valence-electron chi connectivity index (χ2n) is 4.38. The molecule has 0 N–H and O–H groups in total. The van der Waals surface area contributed by atoms with Crippen LogP contribution in [0.15, 0.2) is 55.0 Å². The maximum Gasteiger partial charge on any atom is 0.333 e. The lowest BCUT2D eigenvalue weighted by Gasteiger charge is -2.02. The summed E-state index contributed by atoms with van der Waals surface area (Å²) >= 11 is 0. The minimum absolute atomic E-state index is 0.174. The highest BCUT2D eigenvalue weighted by atomic mass is 16.5. The number of carbonyl (C=O) groups excluding carboxylic acids is 1. The molecule has 2 aromatic rings. The quantitative estimate of drug-likeness (QED) is 0.610. The Morgan fingerprint density at radius 2 is 2.11 bits per heavy atom. The van der Waals surface area contributed by atoms with E-state index in [1.54, 1.807) is 13.3 Å². The number of nitrogens with zero attached hydrogens (tertiary/aromatic N) is 2. The molecular weight excluding hydrogens is 240 g/mol. The lowest BCUT2D eigenvalue weighted by Crippen LogP contribution is -2.05. The Balaban J connectivity index is 1.92. The van der Waals surface area contributed by atoms with Crippen LogP contribution in [0.4, 0.5) is 0 Å². The van der Waals surface area contributed by atoms with Crippen molar-refractivity contribution in [1.82, 2.24) is 9.55 Å². The average molecular weight is 256 g/mol. The number of carbonyl (C=O) groups is 1. The molecule has 0 bridgehead atoms. The zero-order valence-electron chi connectivity index (χ0n) is 10.9. The van der Waals surface area contributed by atoms with Gasteiger partial charge in [-0.3, -0.25) is 0 Å². The summed E-state index contributed by atoms with van der Waals surface area (Å²) in [7, 11) is 0. The fraction of sp³-hybridized carbons (Fsp3) is 0.200. The third-order valence-electron chi connectivity index (χ3n) is 2.59. The molecule has 1 aromatic carbocycles. The molecule has 0 atom stereocenters. The first kappa shape index (κ1) is 13.1. The van der Waals surface area contributed by atoms with Crippen LogP contribution < -0.4 is 0 Å². The number of rotatable bonds is 5. The van der Waals surface area contributed by atoms with Gasteiger partial charge in [0.15, 0.2) is 0 Å². The lowest BCUT2D eigenvalue weighted by molar-refractivity contribution is -0.140. The first-order valence-corrected chi connectivity index (χ1v) is 6.02. The van der Waals surface area contributed by atoms with E-state index < -0.39 is 5.97 Å². The molecule has 1 heterocycles. The third-order valence-corrected chi connectivity index (χ3v) is 2.59. The largest absolute Gasteiger partial charge is 0.456 e. The van der Waals surface area contributed by atoms with Crippen LogP contribution in [0.2, 0.25) is 0 Å². The maximum absolute atomic E-state index is 11.3. The molecule has 0 aliphatic carbocycles.